The van der Waals surface area contributed by atoms with Crippen molar-refractivity contribution in [1.29, 1.82) is 0 Å². The predicted octanol–water partition coefficient (Wildman–Crippen LogP) is 3.36. The van der Waals surface area contributed by atoms with Crippen LogP contribution < -0.4 is 5.43 Å². The molecule has 16 heavy (non-hydrogen) atoms. The number of aromatic amines is 1. The zero-order chi connectivity index (χ0) is 12.1. The zero-order valence-corrected chi connectivity index (χ0v) is 10.9. The monoisotopic (exact) mass is 221 g/mol. The molecule has 0 aliphatic carbocycles. The molecule has 0 bridgehead atoms. The first kappa shape index (κ1) is 13.0. The van der Waals surface area contributed by atoms with E-state index in [1.165, 1.54) is 12.8 Å². The molecule has 0 aliphatic heterocycles. The van der Waals surface area contributed by atoms with Gasteiger partial charge in [0.2, 0.25) is 0 Å². The van der Waals surface area contributed by atoms with Crippen LogP contribution in [0.1, 0.15) is 50.1 Å². The highest BCUT2D eigenvalue weighted by Gasteiger charge is 2.05. The predicted molar refractivity (Wildman–Crippen MR) is 68.9 cm³/mol. The fourth-order valence-electron chi connectivity index (χ4n) is 2.00. The van der Waals surface area contributed by atoms with Gasteiger partial charge in [-0.25, -0.2) is 0 Å². The van der Waals surface area contributed by atoms with Crippen molar-refractivity contribution in [3.8, 4) is 0 Å². The van der Waals surface area contributed by atoms with E-state index in [4.69, 9.17) is 0 Å². The Morgan fingerprint density at radius 1 is 1.31 bits per heavy atom. The molecule has 1 heterocycles. The molecule has 90 valence electrons. The topological polar surface area (TPSA) is 32.9 Å². The quantitative estimate of drug-likeness (QED) is 0.812. The molecule has 2 nitrogen and oxygen atoms in total. The smallest absolute Gasteiger partial charge is 0.184 e. The summed E-state index contributed by atoms with van der Waals surface area (Å²) in [5.74, 6) is 0.745. The summed E-state index contributed by atoms with van der Waals surface area (Å²) in [7, 11) is 0. The number of hydrogen-bond donors (Lipinski definition) is 1. The van der Waals surface area contributed by atoms with Gasteiger partial charge in [-0.15, -0.1) is 0 Å². The number of rotatable bonds is 5. The fourth-order valence-corrected chi connectivity index (χ4v) is 2.00. The average molecular weight is 221 g/mol. The number of aromatic nitrogens is 1. The number of nitrogens with one attached hydrogen (secondary N) is 1. The highest BCUT2D eigenvalue weighted by Crippen LogP contribution is 2.13. The van der Waals surface area contributed by atoms with E-state index in [0.29, 0.717) is 0 Å². The van der Waals surface area contributed by atoms with Gasteiger partial charge in [-0.1, -0.05) is 26.7 Å². The molecule has 2 heteroatoms. The molecule has 1 aromatic heterocycles. The van der Waals surface area contributed by atoms with E-state index in [1.54, 1.807) is 6.07 Å². The van der Waals surface area contributed by atoms with E-state index in [1.807, 2.05) is 13.8 Å². The second-order valence-electron chi connectivity index (χ2n) is 4.84. The van der Waals surface area contributed by atoms with Gasteiger partial charge in [0.15, 0.2) is 5.43 Å². The normalized spacial score (nSPS) is 12.8. The van der Waals surface area contributed by atoms with Crippen LogP contribution in [-0.2, 0) is 6.42 Å². The number of hydrogen-bond acceptors (Lipinski definition) is 1. The molecule has 0 saturated heterocycles. The zero-order valence-electron chi connectivity index (χ0n) is 10.9. The molecule has 0 aliphatic rings. The van der Waals surface area contributed by atoms with E-state index in [0.717, 1.165) is 35.7 Å². The fraction of sp³-hybridized carbons (Fsp3) is 0.643. The summed E-state index contributed by atoms with van der Waals surface area (Å²) in [5, 5.41) is 0. The molecule has 1 aromatic rings. The second-order valence-corrected chi connectivity index (χ2v) is 4.84. The van der Waals surface area contributed by atoms with Crippen LogP contribution in [-0.4, -0.2) is 4.98 Å². The molecule has 0 spiro atoms. The second kappa shape index (κ2) is 5.88. The Kier molecular flexibility index (Phi) is 4.78. The van der Waals surface area contributed by atoms with Crippen LogP contribution in [0.15, 0.2) is 10.9 Å². The maximum atomic E-state index is 11.6. The van der Waals surface area contributed by atoms with Crippen molar-refractivity contribution in [1.82, 2.24) is 4.98 Å². The van der Waals surface area contributed by atoms with E-state index >= 15 is 0 Å². The lowest BCUT2D eigenvalue weighted by Crippen LogP contribution is -2.11. The lowest BCUT2D eigenvalue weighted by atomic mass is 9.99. The summed E-state index contributed by atoms with van der Waals surface area (Å²) in [6.45, 7) is 8.34. The van der Waals surface area contributed by atoms with Gasteiger partial charge in [-0.2, -0.15) is 0 Å². The largest absolute Gasteiger partial charge is 0.362 e. The highest BCUT2D eigenvalue weighted by atomic mass is 16.1. The van der Waals surface area contributed by atoms with Crippen molar-refractivity contribution in [2.24, 2.45) is 5.92 Å². The molecule has 1 unspecified atom stereocenters. The summed E-state index contributed by atoms with van der Waals surface area (Å²) < 4.78 is 0. The number of aryl methyl sites for hydroxylation is 2. The van der Waals surface area contributed by atoms with Crippen molar-refractivity contribution in [3.05, 3.63) is 33.2 Å². The Morgan fingerprint density at radius 2 is 2.00 bits per heavy atom. The van der Waals surface area contributed by atoms with Gasteiger partial charge in [-0.3, -0.25) is 4.79 Å². The van der Waals surface area contributed by atoms with Gasteiger partial charge in [0.05, 0.1) is 0 Å². The Balaban J connectivity index is 2.65. The summed E-state index contributed by atoms with van der Waals surface area (Å²) >= 11 is 0. The van der Waals surface area contributed by atoms with Crippen LogP contribution in [0.25, 0.3) is 0 Å². The maximum Gasteiger partial charge on any atom is 0.184 e. The molecular weight excluding hydrogens is 198 g/mol. The lowest BCUT2D eigenvalue weighted by Gasteiger charge is -2.10. The lowest BCUT2D eigenvalue weighted by molar-refractivity contribution is 0.483. The Bertz CT molecular complexity index is 392. The van der Waals surface area contributed by atoms with E-state index < -0.39 is 0 Å². The Hall–Kier alpha value is -1.05. The minimum atomic E-state index is 0.161. The van der Waals surface area contributed by atoms with Crippen LogP contribution in [0, 0.1) is 19.8 Å². The molecule has 0 saturated carbocycles. The van der Waals surface area contributed by atoms with Crippen LogP contribution in [0.4, 0.5) is 0 Å². The summed E-state index contributed by atoms with van der Waals surface area (Å²) in [5.41, 5.74) is 3.08. The standard InChI is InChI=1S/C14H23NO/c1-5-6-10(2)7-8-13-9-14(16)11(3)12(4)15-13/h9-10H,5-8H2,1-4H3,(H,15,16). The van der Waals surface area contributed by atoms with Crippen molar-refractivity contribution in [2.45, 2.75) is 53.4 Å². The molecule has 1 rings (SSSR count). The average Bonchev–Trinajstić information content (AvgIpc) is 2.23. The molecule has 1 N–H and O–H groups in total. The van der Waals surface area contributed by atoms with Gasteiger partial charge >= 0.3 is 0 Å². The maximum absolute atomic E-state index is 11.6. The molecule has 1 atom stereocenters. The minimum absolute atomic E-state index is 0.161. The first-order valence-corrected chi connectivity index (χ1v) is 6.24. The van der Waals surface area contributed by atoms with Crippen LogP contribution in [0.2, 0.25) is 0 Å². The van der Waals surface area contributed by atoms with Gasteiger partial charge in [0, 0.05) is 23.0 Å². The Labute approximate surface area is 98.1 Å². The third kappa shape index (κ3) is 3.51. The van der Waals surface area contributed by atoms with Crippen molar-refractivity contribution >= 4 is 0 Å². The van der Waals surface area contributed by atoms with Crippen molar-refractivity contribution in [2.75, 3.05) is 0 Å². The third-order valence-electron chi connectivity index (χ3n) is 3.27. The van der Waals surface area contributed by atoms with Gasteiger partial charge in [-0.05, 0) is 32.6 Å². The van der Waals surface area contributed by atoms with Gasteiger partial charge < -0.3 is 4.98 Å². The third-order valence-corrected chi connectivity index (χ3v) is 3.27. The number of pyridine rings is 1. The number of H-pyrrole nitrogens is 1. The first-order valence-electron chi connectivity index (χ1n) is 6.24. The molecule has 0 aromatic carbocycles. The minimum Gasteiger partial charge on any atom is -0.362 e. The van der Waals surface area contributed by atoms with Crippen molar-refractivity contribution < 1.29 is 0 Å². The van der Waals surface area contributed by atoms with Gasteiger partial charge in [0.25, 0.3) is 0 Å². The highest BCUT2D eigenvalue weighted by molar-refractivity contribution is 5.20. The van der Waals surface area contributed by atoms with E-state index in [2.05, 4.69) is 18.8 Å². The van der Waals surface area contributed by atoms with Gasteiger partial charge in [0.1, 0.15) is 0 Å². The van der Waals surface area contributed by atoms with E-state index in [9.17, 15) is 4.79 Å². The first-order chi connectivity index (χ1) is 7.54. The molecule has 0 radical (unpaired) electrons. The Morgan fingerprint density at radius 3 is 2.56 bits per heavy atom. The summed E-state index contributed by atoms with van der Waals surface area (Å²) in [6.07, 6.45) is 4.66. The SMILES string of the molecule is CCCC(C)CCc1cc(=O)c(C)c(C)[nH]1. The van der Waals surface area contributed by atoms with Crippen LogP contribution in [0.5, 0.6) is 0 Å². The van der Waals surface area contributed by atoms with Crippen molar-refractivity contribution in [3.63, 3.8) is 0 Å². The van der Waals surface area contributed by atoms with Crippen LogP contribution in [0.3, 0.4) is 0 Å². The molecular formula is C14H23NO. The molecule has 0 fully saturated rings. The molecule has 0 amide bonds. The van der Waals surface area contributed by atoms with Crippen LogP contribution >= 0.6 is 0 Å². The summed E-state index contributed by atoms with van der Waals surface area (Å²) in [4.78, 5) is 14.9. The summed E-state index contributed by atoms with van der Waals surface area (Å²) in [6, 6.07) is 1.75. The van der Waals surface area contributed by atoms with E-state index in [-0.39, 0.29) is 5.43 Å².